The lowest BCUT2D eigenvalue weighted by Gasteiger charge is -2.12. The van der Waals surface area contributed by atoms with Crippen LogP contribution < -0.4 is 10.6 Å². The summed E-state index contributed by atoms with van der Waals surface area (Å²) in [6.07, 6.45) is 5.15. The zero-order valence-corrected chi connectivity index (χ0v) is 14.8. The fourth-order valence-electron chi connectivity index (χ4n) is 3.52. The van der Waals surface area contributed by atoms with E-state index in [9.17, 15) is 4.79 Å². The van der Waals surface area contributed by atoms with Crippen LogP contribution in [0.1, 0.15) is 40.7 Å². The molecule has 0 saturated heterocycles. The average molecular weight is 334 g/mol. The first kappa shape index (κ1) is 16.3. The van der Waals surface area contributed by atoms with Crippen LogP contribution in [-0.2, 0) is 6.42 Å². The van der Waals surface area contributed by atoms with Crippen LogP contribution in [0.3, 0.4) is 0 Å². The van der Waals surface area contributed by atoms with Gasteiger partial charge in [-0.2, -0.15) is 0 Å². The third-order valence-electron chi connectivity index (χ3n) is 5.49. The third kappa shape index (κ3) is 4.10. The summed E-state index contributed by atoms with van der Waals surface area (Å²) >= 11 is 0. The minimum absolute atomic E-state index is 0.0234. The summed E-state index contributed by atoms with van der Waals surface area (Å²) in [4.78, 5) is 12.6. The number of carbonyl (C=O) groups excluding carboxylic acids is 1. The predicted molar refractivity (Wildman–Crippen MR) is 102 cm³/mol. The molecule has 0 spiro atoms. The van der Waals surface area contributed by atoms with Crippen LogP contribution in [0, 0.1) is 18.8 Å². The highest BCUT2D eigenvalue weighted by Crippen LogP contribution is 2.36. The number of hydrogen-bond acceptors (Lipinski definition) is 2. The van der Waals surface area contributed by atoms with Gasteiger partial charge >= 0.3 is 0 Å². The Morgan fingerprint density at radius 3 is 2.64 bits per heavy atom. The zero-order chi connectivity index (χ0) is 17.2. The van der Waals surface area contributed by atoms with Crippen molar-refractivity contribution in [3.05, 3.63) is 65.2 Å². The highest BCUT2D eigenvalue weighted by atomic mass is 16.1. The molecular formula is C22H26N2O. The van der Waals surface area contributed by atoms with Gasteiger partial charge in [0.1, 0.15) is 0 Å². The summed E-state index contributed by atoms with van der Waals surface area (Å²) < 4.78 is 0. The molecule has 130 valence electrons. The van der Waals surface area contributed by atoms with Crippen molar-refractivity contribution >= 4 is 11.6 Å². The topological polar surface area (TPSA) is 41.1 Å². The van der Waals surface area contributed by atoms with E-state index in [0.717, 1.165) is 35.1 Å². The molecule has 0 radical (unpaired) electrons. The van der Waals surface area contributed by atoms with Gasteiger partial charge in [-0.25, -0.2) is 0 Å². The Hall–Kier alpha value is -2.13. The van der Waals surface area contributed by atoms with E-state index in [0.29, 0.717) is 6.04 Å². The smallest absolute Gasteiger partial charge is 0.255 e. The maximum Gasteiger partial charge on any atom is 0.255 e. The van der Waals surface area contributed by atoms with E-state index in [1.54, 1.807) is 0 Å². The highest BCUT2D eigenvalue weighted by molar-refractivity contribution is 6.05. The molecule has 4 rings (SSSR count). The van der Waals surface area contributed by atoms with Gasteiger partial charge in [0.05, 0.1) is 0 Å². The van der Waals surface area contributed by atoms with E-state index in [1.807, 2.05) is 42.5 Å². The van der Waals surface area contributed by atoms with Gasteiger partial charge in [0.2, 0.25) is 0 Å². The first-order valence-electron chi connectivity index (χ1n) is 9.39. The standard InChI is InChI=1S/C22H26N2O/c1-15-17(12-18-13-21(18)23-14-16-10-11-16)6-5-9-20(15)22(25)24-19-7-3-2-4-8-19/h2-9,16,18,21,23H,10-14H2,1H3,(H,24,25)/t18-,21-/m1/s1. The lowest BCUT2D eigenvalue weighted by Crippen LogP contribution is -2.21. The van der Waals surface area contributed by atoms with Crippen LogP contribution in [0.25, 0.3) is 0 Å². The Kier molecular flexibility index (Phi) is 4.58. The summed E-state index contributed by atoms with van der Waals surface area (Å²) in [5.41, 5.74) is 4.04. The summed E-state index contributed by atoms with van der Waals surface area (Å²) in [6, 6.07) is 16.4. The quantitative estimate of drug-likeness (QED) is 0.797. The number of rotatable bonds is 7. The molecule has 1 amide bonds. The second-order valence-corrected chi connectivity index (χ2v) is 7.57. The number of amides is 1. The SMILES string of the molecule is Cc1c(C[C@@H]2C[C@H]2NCC2CC2)cccc1C(=O)Nc1ccccc1. The molecule has 25 heavy (non-hydrogen) atoms. The predicted octanol–water partition coefficient (Wildman–Crippen LogP) is 4.18. The van der Waals surface area contributed by atoms with Gasteiger partial charge in [-0.3, -0.25) is 4.79 Å². The van der Waals surface area contributed by atoms with Gasteiger partial charge in [0, 0.05) is 17.3 Å². The van der Waals surface area contributed by atoms with E-state index in [-0.39, 0.29) is 5.91 Å². The molecule has 0 aromatic heterocycles. The fraction of sp³-hybridized carbons (Fsp3) is 0.409. The molecule has 3 nitrogen and oxygen atoms in total. The number of anilines is 1. The van der Waals surface area contributed by atoms with Gasteiger partial charge in [0.15, 0.2) is 0 Å². The molecule has 2 saturated carbocycles. The molecule has 0 heterocycles. The molecule has 3 heteroatoms. The summed E-state index contributed by atoms with van der Waals surface area (Å²) in [5.74, 6) is 1.64. The van der Waals surface area contributed by atoms with Crippen molar-refractivity contribution in [2.75, 3.05) is 11.9 Å². The largest absolute Gasteiger partial charge is 0.322 e. The summed E-state index contributed by atoms with van der Waals surface area (Å²) in [5, 5.41) is 6.69. The molecule has 0 unspecified atom stereocenters. The Labute approximate surface area is 149 Å². The average Bonchev–Trinajstić information content (AvgIpc) is 3.52. The maximum absolute atomic E-state index is 12.6. The van der Waals surface area contributed by atoms with Crippen molar-refractivity contribution in [1.29, 1.82) is 0 Å². The van der Waals surface area contributed by atoms with E-state index >= 15 is 0 Å². The lowest BCUT2D eigenvalue weighted by atomic mass is 9.97. The molecule has 2 aromatic carbocycles. The van der Waals surface area contributed by atoms with E-state index in [1.165, 1.54) is 31.4 Å². The fourth-order valence-corrected chi connectivity index (χ4v) is 3.52. The Morgan fingerprint density at radius 2 is 1.88 bits per heavy atom. The normalized spacial score (nSPS) is 21.8. The van der Waals surface area contributed by atoms with Crippen molar-refractivity contribution in [3.63, 3.8) is 0 Å². The van der Waals surface area contributed by atoms with Gasteiger partial charge in [-0.1, -0.05) is 30.3 Å². The zero-order valence-electron chi connectivity index (χ0n) is 14.8. The molecule has 2 fully saturated rings. The van der Waals surface area contributed by atoms with Gasteiger partial charge in [0.25, 0.3) is 5.91 Å². The third-order valence-corrected chi connectivity index (χ3v) is 5.49. The maximum atomic E-state index is 12.6. The lowest BCUT2D eigenvalue weighted by molar-refractivity contribution is 0.102. The van der Waals surface area contributed by atoms with Crippen molar-refractivity contribution in [2.24, 2.45) is 11.8 Å². The Morgan fingerprint density at radius 1 is 1.08 bits per heavy atom. The van der Waals surface area contributed by atoms with Crippen LogP contribution in [0.5, 0.6) is 0 Å². The van der Waals surface area contributed by atoms with Crippen molar-refractivity contribution in [3.8, 4) is 0 Å². The van der Waals surface area contributed by atoms with Crippen LogP contribution in [0.4, 0.5) is 5.69 Å². The van der Waals surface area contributed by atoms with Gasteiger partial charge in [-0.05, 0) is 80.3 Å². The van der Waals surface area contributed by atoms with E-state index in [2.05, 4.69) is 23.6 Å². The minimum Gasteiger partial charge on any atom is -0.322 e. The molecular weight excluding hydrogens is 308 g/mol. The molecule has 0 bridgehead atoms. The van der Waals surface area contributed by atoms with Crippen molar-refractivity contribution < 1.29 is 4.79 Å². The highest BCUT2D eigenvalue weighted by Gasteiger charge is 2.38. The van der Waals surface area contributed by atoms with E-state index < -0.39 is 0 Å². The van der Waals surface area contributed by atoms with Crippen LogP contribution in [-0.4, -0.2) is 18.5 Å². The molecule has 2 aliphatic carbocycles. The molecule has 2 aliphatic rings. The number of carbonyl (C=O) groups is 1. The Balaban J connectivity index is 1.39. The first-order valence-corrected chi connectivity index (χ1v) is 9.39. The molecule has 2 atom stereocenters. The van der Waals surface area contributed by atoms with Crippen molar-refractivity contribution in [1.82, 2.24) is 5.32 Å². The van der Waals surface area contributed by atoms with Crippen LogP contribution in [0.2, 0.25) is 0 Å². The second-order valence-electron chi connectivity index (χ2n) is 7.57. The number of hydrogen-bond donors (Lipinski definition) is 2. The Bertz CT molecular complexity index is 752. The first-order chi connectivity index (χ1) is 12.2. The number of benzene rings is 2. The number of para-hydroxylation sites is 1. The van der Waals surface area contributed by atoms with Gasteiger partial charge in [-0.15, -0.1) is 0 Å². The van der Waals surface area contributed by atoms with Crippen LogP contribution >= 0.6 is 0 Å². The molecule has 2 N–H and O–H groups in total. The summed E-state index contributed by atoms with van der Waals surface area (Å²) in [6.45, 7) is 3.27. The minimum atomic E-state index is -0.0234. The number of nitrogens with one attached hydrogen (secondary N) is 2. The van der Waals surface area contributed by atoms with Gasteiger partial charge < -0.3 is 10.6 Å². The van der Waals surface area contributed by atoms with Crippen molar-refractivity contribution in [2.45, 2.75) is 38.6 Å². The molecule has 0 aliphatic heterocycles. The second kappa shape index (κ2) is 7.01. The van der Waals surface area contributed by atoms with E-state index in [4.69, 9.17) is 0 Å². The molecule has 2 aromatic rings. The summed E-state index contributed by atoms with van der Waals surface area (Å²) in [7, 11) is 0. The monoisotopic (exact) mass is 334 g/mol. The van der Waals surface area contributed by atoms with Crippen LogP contribution in [0.15, 0.2) is 48.5 Å².